The summed E-state index contributed by atoms with van der Waals surface area (Å²) in [6, 6.07) is 3.17. The van der Waals surface area contributed by atoms with E-state index in [4.69, 9.17) is 0 Å². The largest absolute Gasteiger partial charge is 0.331 e. The molecule has 6 nitrogen and oxygen atoms in total. The Bertz CT molecular complexity index is 645. The molecule has 3 aliphatic heterocycles. The van der Waals surface area contributed by atoms with Gasteiger partial charge in [-0.3, -0.25) is 24.3 Å². The molecule has 3 fully saturated rings. The average Bonchev–Trinajstić information content (AvgIpc) is 3.09. The van der Waals surface area contributed by atoms with Crippen LogP contribution in [-0.2, 0) is 14.4 Å². The summed E-state index contributed by atoms with van der Waals surface area (Å²) in [6.45, 7) is 0. The van der Waals surface area contributed by atoms with Crippen LogP contribution in [0.2, 0.25) is 0 Å². The summed E-state index contributed by atoms with van der Waals surface area (Å²) in [6.07, 6.45) is 4.46. The molecular weight excluding hydrogens is 270 g/mol. The van der Waals surface area contributed by atoms with Crippen LogP contribution in [0.25, 0.3) is 0 Å². The maximum Gasteiger partial charge on any atom is 0.235 e. The number of pyridine rings is 1. The predicted octanol–water partition coefficient (Wildman–Crippen LogP) is 0.358. The van der Waals surface area contributed by atoms with Crippen molar-refractivity contribution in [2.75, 3.05) is 7.05 Å². The van der Waals surface area contributed by atoms with Crippen LogP contribution in [-0.4, -0.2) is 45.6 Å². The number of fused-ring (bicyclic) bond motifs is 3. The van der Waals surface area contributed by atoms with E-state index in [2.05, 4.69) is 4.98 Å². The number of hydrogen-bond donors (Lipinski definition) is 0. The van der Waals surface area contributed by atoms with Crippen LogP contribution in [0.4, 0.5) is 0 Å². The summed E-state index contributed by atoms with van der Waals surface area (Å²) in [5.41, 5.74) is 0.835. The second-order valence-electron chi connectivity index (χ2n) is 5.93. The van der Waals surface area contributed by atoms with Gasteiger partial charge in [0, 0.05) is 31.9 Å². The van der Waals surface area contributed by atoms with E-state index in [1.165, 1.54) is 11.9 Å². The van der Waals surface area contributed by atoms with Gasteiger partial charge >= 0.3 is 0 Å². The molecular formula is C15H15N3O3. The smallest absolute Gasteiger partial charge is 0.235 e. The van der Waals surface area contributed by atoms with Crippen LogP contribution in [0, 0.1) is 11.8 Å². The Hall–Kier alpha value is -2.24. The zero-order valence-corrected chi connectivity index (χ0v) is 11.6. The van der Waals surface area contributed by atoms with Gasteiger partial charge in [0.25, 0.3) is 0 Å². The topological polar surface area (TPSA) is 70.6 Å². The lowest BCUT2D eigenvalue weighted by Crippen LogP contribution is -2.39. The molecule has 0 aliphatic carbocycles. The molecule has 0 spiro atoms. The van der Waals surface area contributed by atoms with Crippen molar-refractivity contribution < 1.29 is 14.4 Å². The summed E-state index contributed by atoms with van der Waals surface area (Å²) < 4.78 is 0. The van der Waals surface area contributed by atoms with Gasteiger partial charge in [-0.15, -0.1) is 0 Å². The predicted molar refractivity (Wildman–Crippen MR) is 71.6 cm³/mol. The molecule has 3 amide bonds. The Morgan fingerprint density at radius 1 is 1.19 bits per heavy atom. The zero-order chi connectivity index (χ0) is 14.7. The first-order chi connectivity index (χ1) is 10.1. The normalized spacial score (nSPS) is 34.6. The number of amides is 3. The highest BCUT2D eigenvalue weighted by molar-refractivity contribution is 6.07. The first-order valence-corrected chi connectivity index (χ1v) is 7.14. The molecule has 3 saturated heterocycles. The Balaban J connectivity index is 1.85. The van der Waals surface area contributed by atoms with Gasteiger partial charge in [0.2, 0.25) is 17.7 Å². The highest BCUT2D eigenvalue weighted by Crippen LogP contribution is 2.52. The van der Waals surface area contributed by atoms with Crippen molar-refractivity contribution in [2.24, 2.45) is 11.8 Å². The molecule has 1 aromatic heterocycles. The van der Waals surface area contributed by atoms with Gasteiger partial charge in [0.15, 0.2) is 0 Å². The summed E-state index contributed by atoms with van der Waals surface area (Å²) in [5, 5.41) is 0. The van der Waals surface area contributed by atoms with Crippen LogP contribution >= 0.6 is 0 Å². The van der Waals surface area contributed by atoms with Gasteiger partial charge in [-0.05, 0) is 18.1 Å². The number of aromatic nitrogens is 1. The van der Waals surface area contributed by atoms with Crippen LogP contribution < -0.4 is 0 Å². The first-order valence-electron chi connectivity index (χ1n) is 7.14. The lowest BCUT2D eigenvalue weighted by molar-refractivity contribution is -0.140. The van der Waals surface area contributed by atoms with Gasteiger partial charge in [0.05, 0.1) is 17.9 Å². The molecule has 0 saturated carbocycles. The van der Waals surface area contributed by atoms with Crippen molar-refractivity contribution in [3.63, 3.8) is 0 Å². The monoisotopic (exact) mass is 285 g/mol. The Morgan fingerprint density at radius 3 is 2.67 bits per heavy atom. The van der Waals surface area contributed by atoms with Crippen LogP contribution in [0.15, 0.2) is 24.5 Å². The summed E-state index contributed by atoms with van der Waals surface area (Å²) in [7, 11) is 1.53. The fraction of sp³-hybridized carbons (Fsp3) is 0.467. The maximum absolute atomic E-state index is 12.5. The van der Waals surface area contributed by atoms with Gasteiger partial charge in [-0.2, -0.15) is 0 Å². The minimum absolute atomic E-state index is 0.0338. The summed E-state index contributed by atoms with van der Waals surface area (Å²) >= 11 is 0. The second-order valence-corrected chi connectivity index (χ2v) is 5.93. The van der Waals surface area contributed by atoms with Crippen molar-refractivity contribution >= 4 is 17.7 Å². The number of carbonyl (C=O) groups is 3. The SMILES string of the molecule is CN1C(=O)[C@@H]2[C@H](C1=O)[C@@H](c1cccnc1)N1C(=O)CC[C@H]21. The van der Waals surface area contributed by atoms with E-state index in [0.717, 1.165) is 5.56 Å². The lowest BCUT2D eigenvalue weighted by atomic mass is 9.85. The van der Waals surface area contributed by atoms with Gasteiger partial charge < -0.3 is 4.90 Å². The van der Waals surface area contributed by atoms with E-state index in [1.807, 2.05) is 6.07 Å². The number of carbonyl (C=O) groups excluding carboxylic acids is 3. The third-order valence-electron chi connectivity index (χ3n) is 5.00. The van der Waals surface area contributed by atoms with Crippen molar-refractivity contribution in [3.05, 3.63) is 30.1 Å². The first kappa shape index (κ1) is 12.5. The minimum Gasteiger partial charge on any atom is -0.331 e. The molecule has 3 aliphatic rings. The fourth-order valence-electron chi connectivity index (χ4n) is 4.13. The average molecular weight is 285 g/mol. The van der Waals surface area contributed by atoms with E-state index in [-0.39, 0.29) is 35.7 Å². The van der Waals surface area contributed by atoms with Crippen molar-refractivity contribution in [2.45, 2.75) is 24.9 Å². The molecule has 1 aromatic rings. The second kappa shape index (κ2) is 4.13. The quantitative estimate of drug-likeness (QED) is 0.698. The van der Waals surface area contributed by atoms with Crippen LogP contribution in [0.3, 0.4) is 0 Å². The molecule has 0 aromatic carbocycles. The van der Waals surface area contributed by atoms with Crippen LogP contribution in [0.5, 0.6) is 0 Å². The van der Waals surface area contributed by atoms with Crippen molar-refractivity contribution in [1.29, 1.82) is 0 Å². The van der Waals surface area contributed by atoms with Gasteiger partial charge in [0.1, 0.15) is 0 Å². The van der Waals surface area contributed by atoms with E-state index >= 15 is 0 Å². The van der Waals surface area contributed by atoms with Crippen LogP contribution in [0.1, 0.15) is 24.4 Å². The number of likely N-dealkylation sites (tertiary alicyclic amines) is 1. The highest BCUT2D eigenvalue weighted by atomic mass is 16.2. The molecule has 4 rings (SSSR count). The third-order valence-corrected chi connectivity index (χ3v) is 5.00. The van der Waals surface area contributed by atoms with Gasteiger partial charge in [-0.25, -0.2) is 0 Å². The summed E-state index contributed by atoms with van der Waals surface area (Å²) in [5.74, 6) is -1.14. The Labute approximate surface area is 121 Å². The van der Waals surface area contributed by atoms with E-state index in [1.54, 1.807) is 23.4 Å². The zero-order valence-electron chi connectivity index (χ0n) is 11.6. The number of imide groups is 1. The highest BCUT2D eigenvalue weighted by Gasteiger charge is 2.64. The molecule has 108 valence electrons. The standard InChI is InChI=1S/C15H15N3O3/c1-17-14(20)11-9-4-5-10(19)18(9)13(12(11)15(17)21)8-3-2-6-16-7-8/h2-3,6-7,9,11-13H,4-5H2,1H3/t9-,11+,12+,13-/m1/s1. The Morgan fingerprint density at radius 2 is 1.95 bits per heavy atom. The fourth-order valence-corrected chi connectivity index (χ4v) is 4.13. The van der Waals surface area contributed by atoms with Crippen molar-refractivity contribution in [1.82, 2.24) is 14.8 Å². The maximum atomic E-state index is 12.5. The lowest BCUT2D eigenvalue weighted by Gasteiger charge is -2.28. The van der Waals surface area contributed by atoms with Gasteiger partial charge in [-0.1, -0.05) is 6.07 Å². The molecule has 21 heavy (non-hydrogen) atoms. The molecule has 0 N–H and O–H groups in total. The van der Waals surface area contributed by atoms with E-state index in [0.29, 0.717) is 12.8 Å². The molecule has 0 radical (unpaired) electrons. The Kier molecular flexibility index (Phi) is 2.46. The molecule has 0 unspecified atom stereocenters. The molecule has 4 atom stereocenters. The molecule has 4 heterocycles. The van der Waals surface area contributed by atoms with Crippen molar-refractivity contribution in [3.8, 4) is 0 Å². The third kappa shape index (κ3) is 1.47. The van der Waals surface area contributed by atoms with E-state index in [9.17, 15) is 14.4 Å². The molecule has 0 bridgehead atoms. The number of nitrogens with zero attached hydrogens (tertiary/aromatic N) is 3. The number of hydrogen-bond acceptors (Lipinski definition) is 4. The molecule has 6 heteroatoms. The minimum atomic E-state index is -0.457. The summed E-state index contributed by atoms with van der Waals surface area (Å²) in [4.78, 5) is 44.2. The van der Waals surface area contributed by atoms with E-state index < -0.39 is 5.92 Å². The number of rotatable bonds is 1.